The Labute approximate surface area is 294 Å². The molecule has 4 aromatic carbocycles. The summed E-state index contributed by atoms with van der Waals surface area (Å²) in [5.41, 5.74) is 8.75. The van der Waals surface area contributed by atoms with Gasteiger partial charge in [0.25, 0.3) is 11.8 Å². The fourth-order valence-corrected chi connectivity index (χ4v) is 7.16. The van der Waals surface area contributed by atoms with Gasteiger partial charge < -0.3 is 24.9 Å². The Morgan fingerprint density at radius 2 is 1.06 bits per heavy atom. The number of nitrogens with one attached hydrogen (secondary N) is 2. The van der Waals surface area contributed by atoms with E-state index in [1.165, 1.54) is 0 Å². The zero-order chi connectivity index (χ0) is 35.3. The number of hydrogen-bond acceptors (Lipinski definition) is 8. The summed E-state index contributed by atoms with van der Waals surface area (Å²) < 4.78 is 11.2. The number of hydrogen-bond donors (Lipinski definition) is 2. The fourth-order valence-electron chi connectivity index (χ4n) is 7.16. The molecule has 2 aliphatic carbocycles. The number of imide groups is 1. The first kappa shape index (κ1) is 33.5. The number of ether oxygens (including phenoxy) is 2. The minimum Gasteiger partial charge on any atom is -0.449 e. The SMILES string of the molecule is O=C(NCCCC[C@H](NC(=O)OCC1c2ccccc2-c2ccccc21)C(=O)ON1C(=O)CCC1=O)OCC1c2ccccc2-c2ccccc21. The highest BCUT2D eigenvalue weighted by Crippen LogP contribution is 2.45. The van der Waals surface area contributed by atoms with Gasteiger partial charge in [-0.3, -0.25) is 9.59 Å². The predicted octanol–water partition coefficient (Wildman–Crippen LogP) is 6.21. The van der Waals surface area contributed by atoms with Crippen LogP contribution in [0.5, 0.6) is 0 Å². The summed E-state index contributed by atoms with van der Waals surface area (Å²) >= 11 is 0. The van der Waals surface area contributed by atoms with Gasteiger partial charge >= 0.3 is 18.2 Å². The second-order valence-corrected chi connectivity index (χ2v) is 12.8. The Morgan fingerprint density at radius 3 is 1.53 bits per heavy atom. The highest BCUT2D eigenvalue weighted by atomic mass is 16.7. The van der Waals surface area contributed by atoms with E-state index >= 15 is 0 Å². The van der Waals surface area contributed by atoms with Crippen LogP contribution in [-0.2, 0) is 28.7 Å². The molecule has 0 aromatic heterocycles. The maximum atomic E-state index is 13.1. The lowest BCUT2D eigenvalue weighted by Crippen LogP contribution is -2.45. The number of benzene rings is 4. The molecule has 0 saturated carbocycles. The largest absolute Gasteiger partial charge is 0.449 e. The zero-order valence-corrected chi connectivity index (χ0v) is 27.8. The van der Waals surface area contributed by atoms with Crippen molar-refractivity contribution >= 4 is 30.0 Å². The minimum absolute atomic E-state index is 0.0365. The van der Waals surface area contributed by atoms with Gasteiger partial charge in [0.05, 0.1) is 0 Å². The monoisotopic (exact) mass is 687 g/mol. The van der Waals surface area contributed by atoms with E-state index in [0.29, 0.717) is 17.9 Å². The minimum atomic E-state index is -1.21. The summed E-state index contributed by atoms with van der Waals surface area (Å²) in [6, 6.07) is 30.8. The standard InChI is InChI=1S/C40H37N3O8/c44-36-20-21-37(45)43(36)51-38(46)35(42-40(48)50-24-34-31-17-7-3-13-27(31)28-14-4-8-18-32(28)34)19-9-10-22-41-39(47)49-23-33-29-15-5-1-11-25(29)26-12-2-6-16-30(26)33/h1-8,11-18,33-35H,9-10,19-24H2,(H,41,47)(H,42,48)/t35-/m0/s1. The smallest absolute Gasteiger partial charge is 0.407 e. The fraction of sp³-hybridized carbons (Fsp3) is 0.275. The first-order valence-corrected chi connectivity index (χ1v) is 17.2. The molecule has 4 amide bonds. The third-order valence-electron chi connectivity index (χ3n) is 9.64. The second-order valence-electron chi connectivity index (χ2n) is 12.8. The molecule has 3 aliphatic rings. The van der Waals surface area contributed by atoms with Gasteiger partial charge in [-0.25, -0.2) is 14.4 Å². The Balaban J connectivity index is 0.914. The molecule has 260 valence electrons. The maximum absolute atomic E-state index is 13.1. The van der Waals surface area contributed by atoms with E-state index in [0.717, 1.165) is 44.5 Å². The van der Waals surface area contributed by atoms with Crippen molar-refractivity contribution in [3.05, 3.63) is 119 Å². The molecular formula is C40H37N3O8. The van der Waals surface area contributed by atoms with Crippen LogP contribution < -0.4 is 10.6 Å². The van der Waals surface area contributed by atoms with Gasteiger partial charge in [-0.05, 0) is 63.8 Å². The number of carbonyl (C=O) groups is 5. The number of nitrogens with zero attached hydrogens (tertiary/aromatic N) is 1. The van der Waals surface area contributed by atoms with Crippen LogP contribution in [0.4, 0.5) is 9.59 Å². The first-order chi connectivity index (χ1) is 24.9. The van der Waals surface area contributed by atoms with Gasteiger partial charge in [0, 0.05) is 31.2 Å². The average molecular weight is 688 g/mol. The Hall–Kier alpha value is -5.97. The van der Waals surface area contributed by atoms with Crippen LogP contribution in [0.3, 0.4) is 0 Å². The normalized spacial score (nSPS) is 15.0. The molecule has 4 aromatic rings. The summed E-state index contributed by atoms with van der Waals surface area (Å²) in [6.45, 7) is 0.479. The second kappa shape index (κ2) is 14.9. The number of amides is 4. The van der Waals surface area contributed by atoms with Crippen molar-refractivity contribution < 1.29 is 38.3 Å². The van der Waals surface area contributed by atoms with E-state index in [1.807, 2.05) is 72.8 Å². The van der Waals surface area contributed by atoms with Crippen molar-refractivity contribution in [3.63, 3.8) is 0 Å². The molecule has 11 heteroatoms. The topological polar surface area (TPSA) is 140 Å². The van der Waals surface area contributed by atoms with Gasteiger partial charge in [-0.2, -0.15) is 0 Å². The predicted molar refractivity (Wildman–Crippen MR) is 186 cm³/mol. The molecule has 0 bridgehead atoms. The van der Waals surface area contributed by atoms with Crippen molar-refractivity contribution in [2.24, 2.45) is 0 Å². The third kappa shape index (κ3) is 7.05. The van der Waals surface area contributed by atoms with Gasteiger partial charge in [0.1, 0.15) is 19.3 Å². The molecule has 1 atom stereocenters. The molecule has 7 rings (SSSR count). The molecule has 1 saturated heterocycles. The van der Waals surface area contributed by atoms with E-state index in [2.05, 4.69) is 34.9 Å². The van der Waals surface area contributed by atoms with Crippen LogP contribution in [0.1, 0.15) is 66.2 Å². The van der Waals surface area contributed by atoms with Crippen LogP contribution >= 0.6 is 0 Å². The molecule has 0 radical (unpaired) electrons. The van der Waals surface area contributed by atoms with Crippen molar-refractivity contribution in [1.82, 2.24) is 15.7 Å². The zero-order valence-electron chi connectivity index (χ0n) is 27.8. The molecule has 2 N–H and O–H groups in total. The lowest BCUT2D eigenvalue weighted by molar-refractivity contribution is -0.199. The number of unbranched alkanes of at least 4 members (excludes halogenated alkanes) is 1. The molecular weight excluding hydrogens is 650 g/mol. The van der Waals surface area contributed by atoms with Crippen LogP contribution in [0.15, 0.2) is 97.1 Å². The molecule has 0 spiro atoms. The summed E-state index contributed by atoms with van der Waals surface area (Å²) in [6.07, 6.45) is -0.580. The van der Waals surface area contributed by atoms with Crippen molar-refractivity contribution in [2.45, 2.75) is 50.0 Å². The summed E-state index contributed by atoms with van der Waals surface area (Å²) in [5.74, 6) is -2.46. The highest BCUT2D eigenvalue weighted by molar-refractivity contribution is 6.02. The van der Waals surface area contributed by atoms with Crippen LogP contribution in [0, 0.1) is 0 Å². The molecule has 11 nitrogen and oxygen atoms in total. The van der Waals surface area contributed by atoms with Crippen LogP contribution in [0.25, 0.3) is 22.3 Å². The summed E-state index contributed by atoms with van der Waals surface area (Å²) in [7, 11) is 0. The number of carbonyl (C=O) groups excluding carboxylic acids is 5. The highest BCUT2D eigenvalue weighted by Gasteiger charge is 2.36. The number of hydroxylamine groups is 2. The lowest BCUT2D eigenvalue weighted by atomic mass is 9.98. The van der Waals surface area contributed by atoms with Crippen molar-refractivity contribution in [3.8, 4) is 22.3 Å². The van der Waals surface area contributed by atoms with Gasteiger partial charge in [0.15, 0.2) is 0 Å². The van der Waals surface area contributed by atoms with Gasteiger partial charge in [0.2, 0.25) is 0 Å². The Bertz CT molecular complexity index is 1890. The van der Waals surface area contributed by atoms with E-state index in [9.17, 15) is 24.0 Å². The van der Waals surface area contributed by atoms with Gasteiger partial charge in [-0.15, -0.1) is 5.06 Å². The molecule has 0 unspecified atom stereocenters. The number of fused-ring (bicyclic) bond motifs is 6. The third-order valence-corrected chi connectivity index (χ3v) is 9.64. The van der Waals surface area contributed by atoms with E-state index < -0.39 is 36.0 Å². The molecule has 1 heterocycles. The van der Waals surface area contributed by atoms with E-state index in [4.69, 9.17) is 14.3 Å². The lowest BCUT2D eigenvalue weighted by Gasteiger charge is -2.21. The average Bonchev–Trinajstić information content (AvgIpc) is 3.77. The first-order valence-electron chi connectivity index (χ1n) is 17.2. The Kier molecular flexibility index (Phi) is 9.78. The summed E-state index contributed by atoms with van der Waals surface area (Å²) in [4.78, 5) is 68.1. The summed E-state index contributed by atoms with van der Waals surface area (Å²) in [5, 5.41) is 5.76. The maximum Gasteiger partial charge on any atom is 0.407 e. The molecule has 1 fully saturated rings. The van der Waals surface area contributed by atoms with Crippen molar-refractivity contribution in [1.29, 1.82) is 0 Å². The van der Waals surface area contributed by atoms with Crippen LogP contribution in [-0.4, -0.2) is 60.8 Å². The van der Waals surface area contributed by atoms with E-state index in [-0.39, 0.29) is 50.9 Å². The van der Waals surface area contributed by atoms with Gasteiger partial charge in [-0.1, -0.05) is 97.1 Å². The Morgan fingerprint density at radius 1 is 0.627 bits per heavy atom. The number of rotatable bonds is 12. The number of alkyl carbamates (subject to hydrolysis) is 2. The van der Waals surface area contributed by atoms with E-state index in [1.54, 1.807) is 0 Å². The molecule has 1 aliphatic heterocycles. The van der Waals surface area contributed by atoms with Crippen molar-refractivity contribution in [2.75, 3.05) is 19.8 Å². The van der Waals surface area contributed by atoms with Crippen LogP contribution in [0.2, 0.25) is 0 Å². The quantitative estimate of drug-likeness (QED) is 0.132. The molecule has 51 heavy (non-hydrogen) atoms.